The largest absolute Gasteiger partial charge is 0.396 e. The number of benzene rings is 1. The molecule has 0 aliphatic carbocycles. The summed E-state index contributed by atoms with van der Waals surface area (Å²) < 4.78 is 5.64. The SMILES string of the molecule is Cc1ccccc1C(CO)CC1CCCO1. The van der Waals surface area contributed by atoms with Crippen molar-refractivity contribution in [2.24, 2.45) is 0 Å². The maximum atomic E-state index is 9.51. The zero-order chi connectivity index (χ0) is 11.4. The van der Waals surface area contributed by atoms with E-state index in [1.807, 2.05) is 12.1 Å². The van der Waals surface area contributed by atoms with Crippen molar-refractivity contribution >= 4 is 0 Å². The Morgan fingerprint density at radius 1 is 1.44 bits per heavy atom. The minimum Gasteiger partial charge on any atom is -0.396 e. The molecular weight excluding hydrogens is 200 g/mol. The van der Waals surface area contributed by atoms with Crippen LogP contribution in [0.3, 0.4) is 0 Å². The van der Waals surface area contributed by atoms with E-state index >= 15 is 0 Å². The summed E-state index contributed by atoms with van der Waals surface area (Å²) in [5, 5.41) is 9.51. The zero-order valence-electron chi connectivity index (χ0n) is 9.86. The normalized spacial score (nSPS) is 22.2. The van der Waals surface area contributed by atoms with Crippen LogP contribution in [0.1, 0.15) is 36.3 Å². The van der Waals surface area contributed by atoms with Crippen LogP contribution in [0, 0.1) is 6.92 Å². The quantitative estimate of drug-likeness (QED) is 0.845. The molecule has 2 heteroatoms. The molecule has 2 rings (SSSR count). The molecule has 0 saturated carbocycles. The molecule has 0 aromatic heterocycles. The van der Waals surface area contributed by atoms with E-state index in [0.717, 1.165) is 25.9 Å². The Morgan fingerprint density at radius 2 is 2.25 bits per heavy atom. The van der Waals surface area contributed by atoms with Gasteiger partial charge in [-0.2, -0.15) is 0 Å². The third-order valence-electron chi connectivity index (χ3n) is 3.42. The van der Waals surface area contributed by atoms with Gasteiger partial charge in [-0.25, -0.2) is 0 Å². The van der Waals surface area contributed by atoms with E-state index in [9.17, 15) is 5.11 Å². The maximum absolute atomic E-state index is 9.51. The van der Waals surface area contributed by atoms with Crippen molar-refractivity contribution in [3.05, 3.63) is 35.4 Å². The topological polar surface area (TPSA) is 29.5 Å². The van der Waals surface area contributed by atoms with Crippen LogP contribution in [0.15, 0.2) is 24.3 Å². The predicted octanol–water partition coefficient (Wildman–Crippen LogP) is 2.64. The van der Waals surface area contributed by atoms with Crippen molar-refractivity contribution in [3.63, 3.8) is 0 Å². The molecule has 1 saturated heterocycles. The molecule has 1 aromatic rings. The van der Waals surface area contributed by atoms with Crippen LogP contribution in [0.5, 0.6) is 0 Å². The summed E-state index contributed by atoms with van der Waals surface area (Å²) in [5.74, 6) is 0.226. The standard InChI is InChI=1S/C14H20O2/c1-11-5-2-3-7-14(11)12(10-15)9-13-6-4-8-16-13/h2-3,5,7,12-13,15H,4,6,8-10H2,1H3. The lowest BCUT2D eigenvalue weighted by Crippen LogP contribution is -2.15. The first-order valence-corrected chi connectivity index (χ1v) is 6.09. The molecule has 0 radical (unpaired) electrons. The minimum absolute atomic E-state index is 0.213. The van der Waals surface area contributed by atoms with Crippen molar-refractivity contribution in [2.75, 3.05) is 13.2 Å². The fourth-order valence-corrected chi connectivity index (χ4v) is 2.49. The fourth-order valence-electron chi connectivity index (χ4n) is 2.49. The minimum atomic E-state index is 0.213. The molecule has 1 aromatic carbocycles. The summed E-state index contributed by atoms with van der Waals surface area (Å²) in [6.45, 7) is 3.20. The molecule has 2 nitrogen and oxygen atoms in total. The van der Waals surface area contributed by atoms with Gasteiger partial charge in [0.2, 0.25) is 0 Å². The molecule has 1 heterocycles. The highest BCUT2D eigenvalue weighted by atomic mass is 16.5. The van der Waals surface area contributed by atoms with E-state index in [1.165, 1.54) is 11.1 Å². The van der Waals surface area contributed by atoms with Crippen LogP contribution in [0.2, 0.25) is 0 Å². The van der Waals surface area contributed by atoms with Crippen molar-refractivity contribution in [1.29, 1.82) is 0 Å². The highest BCUT2D eigenvalue weighted by molar-refractivity contribution is 5.29. The van der Waals surface area contributed by atoms with Gasteiger partial charge in [0.15, 0.2) is 0 Å². The highest BCUT2D eigenvalue weighted by Crippen LogP contribution is 2.28. The number of rotatable bonds is 4. The number of aliphatic hydroxyl groups excluding tert-OH is 1. The Kier molecular flexibility index (Phi) is 3.97. The Balaban J connectivity index is 2.06. The van der Waals surface area contributed by atoms with Gasteiger partial charge in [-0.05, 0) is 37.3 Å². The van der Waals surface area contributed by atoms with Crippen molar-refractivity contribution in [1.82, 2.24) is 0 Å². The van der Waals surface area contributed by atoms with Crippen LogP contribution in [-0.4, -0.2) is 24.4 Å². The van der Waals surface area contributed by atoms with Crippen molar-refractivity contribution in [3.8, 4) is 0 Å². The Bertz CT molecular complexity index is 329. The van der Waals surface area contributed by atoms with Gasteiger partial charge in [0, 0.05) is 12.5 Å². The van der Waals surface area contributed by atoms with Gasteiger partial charge in [-0.1, -0.05) is 24.3 Å². The molecule has 2 atom stereocenters. The van der Waals surface area contributed by atoms with Crippen LogP contribution >= 0.6 is 0 Å². The van der Waals surface area contributed by atoms with E-state index < -0.39 is 0 Å². The molecular formula is C14H20O2. The highest BCUT2D eigenvalue weighted by Gasteiger charge is 2.22. The van der Waals surface area contributed by atoms with Crippen LogP contribution in [0.4, 0.5) is 0 Å². The molecule has 2 unspecified atom stereocenters. The summed E-state index contributed by atoms with van der Waals surface area (Å²) in [5.41, 5.74) is 2.53. The summed E-state index contributed by atoms with van der Waals surface area (Å²) in [7, 11) is 0. The van der Waals surface area contributed by atoms with Gasteiger partial charge in [0.25, 0.3) is 0 Å². The third-order valence-corrected chi connectivity index (χ3v) is 3.42. The van der Waals surface area contributed by atoms with Gasteiger partial charge >= 0.3 is 0 Å². The average molecular weight is 220 g/mol. The Labute approximate surface area is 97.3 Å². The van der Waals surface area contributed by atoms with Crippen LogP contribution in [0.25, 0.3) is 0 Å². The molecule has 1 fully saturated rings. The van der Waals surface area contributed by atoms with Gasteiger partial charge in [-0.3, -0.25) is 0 Å². The van der Waals surface area contributed by atoms with E-state index in [2.05, 4.69) is 19.1 Å². The van der Waals surface area contributed by atoms with E-state index in [4.69, 9.17) is 4.74 Å². The van der Waals surface area contributed by atoms with E-state index in [1.54, 1.807) is 0 Å². The molecule has 88 valence electrons. The Hall–Kier alpha value is -0.860. The number of ether oxygens (including phenoxy) is 1. The van der Waals surface area contributed by atoms with Crippen molar-refractivity contribution in [2.45, 2.75) is 38.2 Å². The molecule has 16 heavy (non-hydrogen) atoms. The second kappa shape index (κ2) is 5.46. The number of aryl methyl sites for hydroxylation is 1. The zero-order valence-corrected chi connectivity index (χ0v) is 9.86. The number of aliphatic hydroxyl groups is 1. The van der Waals surface area contributed by atoms with Gasteiger partial charge in [0.1, 0.15) is 0 Å². The molecule has 0 amide bonds. The van der Waals surface area contributed by atoms with Crippen molar-refractivity contribution < 1.29 is 9.84 Å². The maximum Gasteiger partial charge on any atom is 0.0582 e. The summed E-state index contributed by atoms with van der Waals surface area (Å²) in [6, 6.07) is 8.30. The second-order valence-electron chi connectivity index (χ2n) is 4.61. The lowest BCUT2D eigenvalue weighted by molar-refractivity contribution is 0.0897. The number of hydrogen-bond acceptors (Lipinski definition) is 2. The van der Waals surface area contributed by atoms with E-state index in [-0.39, 0.29) is 12.5 Å². The summed E-state index contributed by atoms with van der Waals surface area (Å²) in [6.07, 6.45) is 3.59. The lowest BCUT2D eigenvalue weighted by atomic mass is 9.90. The summed E-state index contributed by atoms with van der Waals surface area (Å²) in [4.78, 5) is 0. The first-order chi connectivity index (χ1) is 7.81. The third kappa shape index (κ3) is 2.63. The first kappa shape index (κ1) is 11.6. The fraction of sp³-hybridized carbons (Fsp3) is 0.571. The smallest absolute Gasteiger partial charge is 0.0582 e. The van der Waals surface area contributed by atoms with Crippen LogP contribution in [-0.2, 0) is 4.74 Å². The molecule has 1 N–H and O–H groups in total. The molecule has 0 bridgehead atoms. The molecule has 0 spiro atoms. The first-order valence-electron chi connectivity index (χ1n) is 6.09. The molecule has 1 aliphatic heterocycles. The monoisotopic (exact) mass is 220 g/mol. The lowest BCUT2D eigenvalue weighted by Gasteiger charge is -2.20. The van der Waals surface area contributed by atoms with Crippen LogP contribution < -0.4 is 0 Å². The average Bonchev–Trinajstić information content (AvgIpc) is 2.80. The van der Waals surface area contributed by atoms with Gasteiger partial charge < -0.3 is 9.84 Å². The predicted molar refractivity (Wildman–Crippen MR) is 64.6 cm³/mol. The molecule has 1 aliphatic rings. The van der Waals surface area contributed by atoms with Gasteiger partial charge in [-0.15, -0.1) is 0 Å². The Morgan fingerprint density at radius 3 is 2.88 bits per heavy atom. The van der Waals surface area contributed by atoms with Gasteiger partial charge in [0.05, 0.1) is 12.7 Å². The second-order valence-corrected chi connectivity index (χ2v) is 4.61. The summed E-state index contributed by atoms with van der Waals surface area (Å²) >= 11 is 0. The van der Waals surface area contributed by atoms with E-state index in [0.29, 0.717) is 6.10 Å². The number of hydrogen-bond donors (Lipinski definition) is 1.